The van der Waals surface area contributed by atoms with Gasteiger partial charge in [-0.2, -0.15) is 0 Å². The average molecular weight is 293 g/mol. The number of nitrogens with one attached hydrogen (secondary N) is 1. The largest absolute Gasteiger partial charge is 0.481 e. The first kappa shape index (κ1) is 15.5. The molecular weight excluding hydrogens is 270 g/mol. The Morgan fingerprint density at radius 1 is 1.38 bits per heavy atom. The van der Waals surface area contributed by atoms with Crippen molar-refractivity contribution in [2.24, 2.45) is 5.92 Å². The lowest BCUT2D eigenvalue weighted by atomic mass is 9.95. The van der Waals surface area contributed by atoms with Crippen molar-refractivity contribution in [3.8, 4) is 5.88 Å². The molecule has 6 heteroatoms. The third-order valence-electron chi connectivity index (χ3n) is 3.97. The number of hydrogen-bond donors (Lipinski definition) is 2. The van der Waals surface area contributed by atoms with E-state index in [0.717, 1.165) is 37.7 Å². The molecule has 1 aliphatic rings. The molecule has 116 valence electrons. The topological polar surface area (TPSA) is 84.3 Å². The molecule has 2 rings (SSSR count). The molecule has 1 aliphatic carbocycles. The molecule has 0 radical (unpaired) electrons. The lowest BCUT2D eigenvalue weighted by Gasteiger charge is -2.24. The van der Waals surface area contributed by atoms with E-state index in [1.54, 1.807) is 0 Å². The summed E-state index contributed by atoms with van der Waals surface area (Å²) in [6.45, 7) is 4.33. The normalized spacial score (nSPS) is 22.4. The molecule has 2 unspecified atom stereocenters. The van der Waals surface area contributed by atoms with Crippen molar-refractivity contribution >= 4 is 11.8 Å². The zero-order chi connectivity index (χ0) is 15.2. The van der Waals surface area contributed by atoms with Crippen molar-refractivity contribution in [2.45, 2.75) is 52.0 Å². The van der Waals surface area contributed by atoms with Gasteiger partial charge in [-0.3, -0.25) is 4.79 Å². The molecule has 0 bridgehead atoms. The van der Waals surface area contributed by atoms with Crippen LogP contribution in [0.3, 0.4) is 0 Å². The predicted octanol–water partition coefficient (Wildman–Crippen LogP) is 2.63. The molecule has 1 saturated carbocycles. The number of aromatic nitrogens is 2. The second-order valence-electron chi connectivity index (χ2n) is 5.42. The molecule has 0 aromatic carbocycles. The Bertz CT molecular complexity index is 493. The van der Waals surface area contributed by atoms with Crippen molar-refractivity contribution in [3.05, 3.63) is 11.9 Å². The highest BCUT2D eigenvalue weighted by molar-refractivity contribution is 5.71. The van der Waals surface area contributed by atoms with E-state index in [2.05, 4.69) is 15.3 Å². The maximum absolute atomic E-state index is 11.5. The maximum atomic E-state index is 11.5. The van der Waals surface area contributed by atoms with Crippen molar-refractivity contribution in [1.82, 2.24) is 9.97 Å². The Balaban J connectivity index is 2.18. The minimum atomic E-state index is -0.730. The van der Waals surface area contributed by atoms with Gasteiger partial charge in [-0.15, -0.1) is 0 Å². The SMILES string of the molecule is CCOc1ncnc(NC2CCCCCC2C(=O)O)c1C. The molecule has 6 nitrogen and oxygen atoms in total. The summed E-state index contributed by atoms with van der Waals surface area (Å²) in [4.78, 5) is 19.8. The van der Waals surface area contributed by atoms with Crippen molar-refractivity contribution < 1.29 is 14.6 Å². The van der Waals surface area contributed by atoms with Crippen molar-refractivity contribution in [3.63, 3.8) is 0 Å². The highest BCUT2D eigenvalue weighted by Gasteiger charge is 2.30. The van der Waals surface area contributed by atoms with E-state index in [-0.39, 0.29) is 12.0 Å². The first-order valence-corrected chi connectivity index (χ1v) is 7.57. The Kier molecular flexibility index (Phi) is 5.36. The quantitative estimate of drug-likeness (QED) is 0.812. The van der Waals surface area contributed by atoms with Crippen LogP contribution in [0.2, 0.25) is 0 Å². The first-order valence-electron chi connectivity index (χ1n) is 7.57. The fourth-order valence-corrected chi connectivity index (χ4v) is 2.81. The average Bonchev–Trinajstić information content (AvgIpc) is 2.69. The second kappa shape index (κ2) is 7.24. The summed E-state index contributed by atoms with van der Waals surface area (Å²) in [6, 6.07) is -0.0897. The fraction of sp³-hybridized carbons (Fsp3) is 0.667. The van der Waals surface area contributed by atoms with Crippen LogP contribution < -0.4 is 10.1 Å². The van der Waals surface area contributed by atoms with E-state index in [4.69, 9.17) is 4.74 Å². The summed E-state index contributed by atoms with van der Waals surface area (Å²) in [7, 11) is 0. The number of carboxylic acids is 1. The minimum absolute atomic E-state index is 0.0897. The second-order valence-corrected chi connectivity index (χ2v) is 5.42. The zero-order valence-corrected chi connectivity index (χ0v) is 12.6. The van der Waals surface area contributed by atoms with Gasteiger partial charge in [0.2, 0.25) is 5.88 Å². The van der Waals surface area contributed by atoms with Gasteiger partial charge in [0, 0.05) is 6.04 Å². The van der Waals surface area contributed by atoms with Gasteiger partial charge in [0.05, 0.1) is 18.1 Å². The van der Waals surface area contributed by atoms with Gasteiger partial charge >= 0.3 is 5.97 Å². The summed E-state index contributed by atoms with van der Waals surface area (Å²) < 4.78 is 5.46. The van der Waals surface area contributed by atoms with Crippen LogP contribution in [0.1, 0.15) is 44.6 Å². The third kappa shape index (κ3) is 3.83. The minimum Gasteiger partial charge on any atom is -0.481 e. The number of hydrogen-bond acceptors (Lipinski definition) is 5. The molecule has 21 heavy (non-hydrogen) atoms. The van der Waals surface area contributed by atoms with Gasteiger partial charge < -0.3 is 15.2 Å². The lowest BCUT2D eigenvalue weighted by Crippen LogP contribution is -2.34. The van der Waals surface area contributed by atoms with Gasteiger partial charge in [0.25, 0.3) is 0 Å². The molecule has 0 aliphatic heterocycles. The van der Waals surface area contributed by atoms with Crippen LogP contribution in [0.5, 0.6) is 5.88 Å². The number of rotatable bonds is 5. The third-order valence-corrected chi connectivity index (χ3v) is 3.97. The fourth-order valence-electron chi connectivity index (χ4n) is 2.81. The zero-order valence-electron chi connectivity index (χ0n) is 12.6. The molecular formula is C15H23N3O3. The monoisotopic (exact) mass is 293 g/mol. The van der Waals surface area contributed by atoms with Crippen LogP contribution in [-0.4, -0.2) is 33.7 Å². The molecule has 1 aromatic heterocycles. The van der Waals surface area contributed by atoms with E-state index >= 15 is 0 Å². The van der Waals surface area contributed by atoms with Crippen LogP contribution in [0.15, 0.2) is 6.33 Å². The Morgan fingerprint density at radius 2 is 2.14 bits per heavy atom. The van der Waals surface area contributed by atoms with E-state index in [9.17, 15) is 9.90 Å². The van der Waals surface area contributed by atoms with E-state index in [0.29, 0.717) is 18.3 Å². The van der Waals surface area contributed by atoms with Gasteiger partial charge in [-0.1, -0.05) is 19.3 Å². The molecule has 0 saturated heterocycles. The molecule has 1 fully saturated rings. The summed E-state index contributed by atoms with van der Waals surface area (Å²) in [6.07, 6.45) is 6.13. The van der Waals surface area contributed by atoms with Crippen LogP contribution in [0, 0.1) is 12.8 Å². The summed E-state index contributed by atoms with van der Waals surface area (Å²) in [5.41, 5.74) is 0.827. The predicted molar refractivity (Wildman–Crippen MR) is 79.6 cm³/mol. The van der Waals surface area contributed by atoms with Gasteiger partial charge in [-0.25, -0.2) is 9.97 Å². The van der Waals surface area contributed by atoms with Crippen LogP contribution >= 0.6 is 0 Å². The van der Waals surface area contributed by atoms with Crippen LogP contribution in [-0.2, 0) is 4.79 Å². The summed E-state index contributed by atoms with van der Waals surface area (Å²) in [5.74, 6) is 0.130. The molecule has 1 heterocycles. The number of carbonyl (C=O) groups is 1. The van der Waals surface area contributed by atoms with E-state index in [1.165, 1.54) is 6.33 Å². The molecule has 2 atom stereocenters. The maximum Gasteiger partial charge on any atom is 0.308 e. The Morgan fingerprint density at radius 3 is 2.86 bits per heavy atom. The summed E-state index contributed by atoms with van der Waals surface area (Å²) >= 11 is 0. The standard InChI is InChI=1S/C15H23N3O3/c1-3-21-14-10(2)13(16-9-17-14)18-12-8-6-4-5-7-11(12)15(19)20/h9,11-12H,3-8H2,1-2H3,(H,19,20)(H,16,17,18). The Labute approximate surface area is 124 Å². The number of anilines is 1. The molecule has 1 aromatic rings. The van der Waals surface area contributed by atoms with Crippen LogP contribution in [0.4, 0.5) is 5.82 Å². The van der Waals surface area contributed by atoms with E-state index < -0.39 is 5.97 Å². The molecule has 0 amide bonds. The van der Waals surface area contributed by atoms with E-state index in [1.807, 2.05) is 13.8 Å². The highest BCUT2D eigenvalue weighted by atomic mass is 16.5. The van der Waals surface area contributed by atoms with Gasteiger partial charge in [0.1, 0.15) is 12.1 Å². The van der Waals surface area contributed by atoms with Gasteiger partial charge in [-0.05, 0) is 26.7 Å². The van der Waals surface area contributed by atoms with Crippen molar-refractivity contribution in [2.75, 3.05) is 11.9 Å². The van der Waals surface area contributed by atoms with Gasteiger partial charge in [0.15, 0.2) is 0 Å². The highest BCUT2D eigenvalue weighted by Crippen LogP contribution is 2.28. The molecule has 0 spiro atoms. The van der Waals surface area contributed by atoms with Crippen molar-refractivity contribution in [1.29, 1.82) is 0 Å². The number of nitrogens with zero attached hydrogens (tertiary/aromatic N) is 2. The smallest absolute Gasteiger partial charge is 0.308 e. The lowest BCUT2D eigenvalue weighted by molar-refractivity contribution is -0.142. The number of ether oxygens (including phenoxy) is 1. The molecule has 2 N–H and O–H groups in total. The Hall–Kier alpha value is -1.85. The number of carboxylic acid groups (broad SMARTS) is 1. The number of aliphatic carboxylic acids is 1. The van der Waals surface area contributed by atoms with Crippen LogP contribution in [0.25, 0.3) is 0 Å². The first-order chi connectivity index (χ1) is 10.1. The summed E-state index contributed by atoms with van der Waals surface area (Å²) in [5, 5.41) is 12.7.